The summed E-state index contributed by atoms with van der Waals surface area (Å²) in [5, 5.41) is 25.1. The number of sulfonamides is 2. The molecule has 2 aliphatic carbocycles. The molecule has 4 aromatic rings. The van der Waals surface area contributed by atoms with E-state index >= 15 is 43.2 Å². The first-order valence-electron chi connectivity index (χ1n) is 36.6. The number of hydrogen-bond donors (Lipinski definition) is 2. The van der Waals surface area contributed by atoms with Crippen LogP contribution in [-0.4, -0.2) is 109 Å². The van der Waals surface area contributed by atoms with Crippen LogP contribution in [0.25, 0.3) is 0 Å². The van der Waals surface area contributed by atoms with Crippen molar-refractivity contribution in [2.45, 2.75) is 192 Å². The highest BCUT2D eigenvalue weighted by atomic mass is 32.2. The number of anilines is 4. The SMILES string of the molecule is CCCCCN1/C(=C/C=C2\CCC(=CC=C3N(CCCCSOOO)c4ccccc4C3(C)C)C2=[N+](CC[N+](=C2C(=CC=C3N(CCCCSOOO)c4ccccc4C3(C)C)CC/C2=C\C=C2\N(CCCCC)c3ccccc3C2(C)C)S(=O)(=O)C(F)(F)F)S(=O)(=O)C(F)(F)F)C(C)(C)c2ccccc21. The monoisotopic (exact) mass is 1550 g/mol. The van der Waals surface area contributed by atoms with Gasteiger partial charge in [-0.3, -0.25) is 0 Å². The summed E-state index contributed by atoms with van der Waals surface area (Å²) in [4.78, 5) is 8.56. The van der Waals surface area contributed by atoms with Gasteiger partial charge in [0, 0.05) is 151 Å². The minimum atomic E-state index is -6.62. The molecular formula is C80H100F6N6O10S4+2. The number of halogens is 6. The van der Waals surface area contributed by atoms with E-state index in [1.165, 1.54) is 0 Å². The van der Waals surface area contributed by atoms with Crippen LogP contribution < -0.4 is 19.6 Å². The van der Waals surface area contributed by atoms with Gasteiger partial charge in [-0.2, -0.15) is 43.2 Å². The van der Waals surface area contributed by atoms with Crippen LogP contribution in [0.4, 0.5) is 49.1 Å². The summed E-state index contributed by atoms with van der Waals surface area (Å²) < 4.78 is 167. The maximum absolute atomic E-state index is 16.2. The first kappa shape index (κ1) is 81.8. The van der Waals surface area contributed by atoms with Crippen LogP contribution >= 0.6 is 24.1 Å². The van der Waals surface area contributed by atoms with E-state index in [9.17, 15) is 0 Å². The smallest absolute Gasteiger partial charge is 0.344 e. The summed E-state index contributed by atoms with van der Waals surface area (Å²) in [6, 6.07) is 31.3. The third kappa shape index (κ3) is 16.7. The third-order valence-corrected chi connectivity index (χ3v) is 25.8. The Morgan fingerprint density at radius 3 is 0.887 bits per heavy atom. The van der Waals surface area contributed by atoms with Crippen LogP contribution in [0.2, 0.25) is 0 Å². The Morgan fingerprint density at radius 2 is 0.651 bits per heavy atom. The average molecular weight is 1550 g/mol. The molecule has 0 spiro atoms. The molecule has 0 radical (unpaired) electrons. The Balaban J connectivity index is 1.22. The number of para-hydroxylation sites is 4. The van der Waals surface area contributed by atoms with Crippen LogP contribution in [0.5, 0.6) is 0 Å². The van der Waals surface area contributed by atoms with E-state index in [0.29, 0.717) is 63.4 Å². The zero-order chi connectivity index (χ0) is 76.6. The summed E-state index contributed by atoms with van der Waals surface area (Å²) in [5.74, 6) is 0.919. The second kappa shape index (κ2) is 34.0. The minimum absolute atomic E-state index is 0.00412. The van der Waals surface area contributed by atoms with Gasteiger partial charge < -0.3 is 19.6 Å². The minimum Gasteiger partial charge on any atom is -0.344 e. The zero-order valence-electron chi connectivity index (χ0n) is 62.2. The van der Waals surface area contributed by atoms with Gasteiger partial charge in [0.1, 0.15) is 0 Å². The maximum atomic E-state index is 16.2. The number of alkyl halides is 6. The summed E-state index contributed by atoms with van der Waals surface area (Å²) in [5.41, 5.74) is -4.62. The molecule has 0 amide bonds. The van der Waals surface area contributed by atoms with Gasteiger partial charge in [-0.15, -0.1) is 16.6 Å². The fourth-order valence-corrected chi connectivity index (χ4v) is 19.1. The van der Waals surface area contributed by atoms with Gasteiger partial charge in [-0.25, -0.2) is 10.5 Å². The maximum Gasteiger partial charge on any atom is 0.560 e. The van der Waals surface area contributed by atoms with Crippen molar-refractivity contribution in [2.75, 3.05) is 70.4 Å². The van der Waals surface area contributed by atoms with Gasteiger partial charge in [0.05, 0.1) is 0 Å². The van der Waals surface area contributed by atoms with E-state index in [4.69, 9.17) is 10.5 Å². The highest BCUT2D eigenvalue weighted by Gasteiger charge is 2.60. The van der Waals surface area contributed by atoms with E-state index in [1.807, 2.05) is 165 Å². The number of rotatable bonds is 31. The molecule has 16 nitrogen and oxygen atoms in total. The molecule has 2 saturated carbocycles. The lowest BCUT2D eigenvalue weighted by atomic mass is 9.83. The van der Waals surface area contributed by atoms with Crippen molar-refractivity contribution in [2.24, 2.45) is 0 Å². The largest absolute Gasteiger partial charge is 0.560 e. The van der Waals surface area contributed by atoms with Gasteiger partial charge in [-0.1, -0.05) is 202 Å². The van der Waals surface area contributed by atoms with Crippen LogP contribution in [-0.2, 0) is 60.5 Å². The first-order valence-corrected chi connectivity index (χ1v) is 41.3. The number of allylic oxidation sites excluding steroid dienone is 16. The fourth-order valence-electron chi connectivity index (χ4n) is 16.1. The van der Waals surface area contributed by atoms with E-state index < -0.39 is 77.2 Å². The molecule has 0 unspecified atom stereocenters. The van der Waals surface area contributed by atoms with E-state index in [0.717, 1.165) is 130 Å². The highest BCUT2D eigenvalue weighted by Crippen LogP contribution is 2.53. The molecule has 4 aliphatic heterocycles. The summed E-state index contributed by atoms with van der Waals surface area (Å²) in [7, 11) is -13.2. The fraction of sp³-hybridized carbons (Fsp3) is 0.475. The lowest BCUT2D eigenvalue weighted by molar-refractivity contribution is -0.455. The Labute approximate surface area is 630 Å². The lowest BCUT2D eigenvalue weighted by Gasteiger charge is -2.27. The quantitative estimate of drug-likeness (QED) is 0.0122. The van der Waals surface area contributed by atoms with Crippen molar-refractivity contribution in [3.05, 3.63) is 213 Å². The first-order chi connectivity index (χ1) is 50.3. The normalized spacial score (nSPS) is 22.2. The Bertz CT molecular complexity index is 4170. The number of unbranched alkanes of at least 4 members (excludes halogenated alkanes) is 6. The molecule has 2 fully saturated rings. The molecular weight excluding hydrogens is 1450 g/mol. The van der Waals surface area contributed by atoms with Gasteiger partial charge >= 0.3 is 31.1 Å². The van der Waals surface area contributed by atoms with Crippen molar-refractivity contribution in [1.29, 1.82) is 0 Å². The van der Waals surface area contributed by atoms with Crippen LogP contribution in [0, 0.1) is 0 Å². The summed E-state index contributed by atoms with van der Waals surface area (Å²) in [6.45, 7) is 19.7. The molecule has 0 saturated heterocycles. The molecule has 4 aromatic carbocycles. The van der Waals surface area contributed by atoms with Gasteiger partial charge in [0.2, 0.25) is 24.5 Å². The molecule has 0 aromatic heterocycles. The Morgan fingerprint density at radius 1 is 0.406 bits per heavy atom. The second-order valence-electron chi connectivity index (χ2n) is 29.7. The molecule has 574 valence electrons. The molecule has 4 heterocycles. The third-order valence-electron chi connectivity index (χ3n) is 21.5. The van der Waals surface area contributed by atoms with E-state index in [1.54, 1.807) is 36.5 Å². The van der Waals surface area contributed by atoms with Crippen molar-refractivity contribution in [3.63, 3.8) is 0 Å². The summed E-state index contributed by atoms with van der Waals surface area (Å²) >= 11 is 1.84. The van der Waals surface area contributed by atoms with Crippen LogP contribution in [0.1, 0.15) is 181 Å². The predicted octanol–water partition coefficient (Wildman–Crippen LogP) is 19.7. The Hall–Kier alpha value is -6.72. The van der Waals surface area contributed by atoms with E-state index in [2.05, 4.69) is 52.2 Å². The number of benzene rings is 4. The van der Waals surface area contributed by atoms with Gasteiger partial charge in [0.15, 0.2) is 0 Å². The Kier molecular flexibility index (Phi) is 26.3. The molecule has 10 rings (SSSR count). The summed E-state index contributed by atoms with van der Waals surface area (Å²) in [6.07, 6.45) is 21.3. The van der Waals surface area contributed by atoms with Crippen molar-refractivity contribution < 1.29 is 80.4 Å². The van der Waals surface area contributed by atoms with Gasteiger partial charge in [0.25, 0.3) is 0 Å². The number of fused-ring (bicyclic) bond motifs is 4. The van der Waals surface area contributed by atoms with Crippen molar-refractivity contribution in [3.8, 4) is 0 Å². The lowest BCUT2D eigenvalue weighted by Crippen LogP contribution is -2.44. The molecule has 6 aliphatic rings. The topological polar surface area (TPSA) is 165 Å². The average Bonchev–Trinajstić information content (AvgIpc) is 1.71. The molecule has 0 atom stereocenters. The molecule has 2 N–H and O–H groups in total. The standard InChI is InChI=1S/C80H98F6N6O10S4/c1-11-13-23-49-87-65-33-19-15-29-61(65)75(3,4)69(87)45-41-57-37-39-59(43-47-71-77(7,8)63-31-17-21-35-67(63)89(71)51-25-27-55-103-101-99-93)73(57)91(105(95,96)79(81,82)83)53-54-92(106(97,98)80(84,85)86)74-58(42-46-70-76(5,6)62-30-16-20-34-66(62)88(70)50-24-14-12-2)38-40-60(74)44-48-72-78(9,10)64-32-18-22-36-68(64)90(72)52-26-28-56-104-102-100-94/h15-22,29-36,41-48H,11-14,23-28,37-40,49-56H2,1-10H3/p+2. The number of nitrogens with zero attached hydrogens (tertiary/aromatic N) is 6. The van der Waals surface area contributed by atoms with E-state index in [-0.39, 0.29) is 55.9 Å². The van der Waals surface area contributed by atoms with Crippen LogP contribution in [0.15, 0.2) is 191 Å². The van der Waals surface area contributed by atoms with Gasteiger partial charge in [-0.05, 0) is 135 Å². The molecule has 106 heavy (non-hydrogen) atoms. The van der Waals surface area contributed by atoms with Crippen molar-refractivity contribution in [1.82, 2.24) is 0 Å². The number of hydrogen-bond acceptors (Lipinski definition) is 16. The second-order valence-corrected chi connectivity index (χ2v) is 34.9. The molecule has 0 bridgehead atoms. The van der Waals surface area contributed by atoms with Crippen LogP contribution in [0.3, 0.4) is 0 Å². The molecule has 26 heteroatoms. The zero-order valence-corrected chi connectivity index (χ0v) is 65.4. The van der Waals surface area contributed by atoms with Crippen molar-refractivity contribution >= 4 is 78.3 Å². The highest BCUT2D eigenvalue weighted by molar-refractivity contribution is 7.94. The predicted molar refractivity (Wildman–Crippen MR) is 413 cm³/mol.